The summed E-state index contributed by atoms with van der Waals surface area (Å²) in [5.74, 6) is 0. The van der Waals surface area contributed by atoms with E-state index in [1.165, 1.54) is 19.3 Å². The number of hydrogen-bond acceptors (Lipinski definition) is 1. The first-order valence-electron chi connectivity index (χ1n) is 6.03. The summed E-state index contributed by atoms with van der Waals surface area (Å²) < 4.78 is 5.40. The molecule has 0 aliphatic carbocycles. The molecule has 0 amide bonds. The third-order valence-electron chi connectivity index (χ3n) is 2.54. The van der Waals surface area contributed by atoms with Gasteiger partial charge in [-0.15, -0.1) is 0 Å². The molecule has 85 valence electrons. The van der Waals surface area contributed by atoms with Crippen LogP contribution in [0.1, 0.15) is 59.3 Å². The van der Waals surface area contributed by atoms with Crippen LogP contribution in [0.25, 0.3) is 0 Å². The van der Waals surface area contributed by atoms with Gasteiger partial charge in [0.2, 0.25) is 0 Å². The van der Waals surface area contributed by atoms with E-state index in [0.29, 0.717) is 6.61 Å². The van der Waals surface area contributed by atoms with E-state index in [1.807, 2.05) is 13.8 Å². The van der Waals surface area contributed by atoms with Crippen LogP contribution in [0.15, 0.2) is 0 Å². The second-order valence-electron chi connectivity index (χ2n) is 3.79. The molecule has 0 aromatic heterocycles. The number of rotatable bonds is 9. The Bertz CT molecular complexity index is 115. The van der Waals surface area contributed by atoms with Crippen molar-refractivity contribution in [1.29, 1.82) is 0 Å². The van der Waals surface area contributed by atoms with E-state index >= 15 is 0 Å². The Balaban J connectivity index is 3.52. The Labute approximate surface area is 88.7 Å². The van der Waals surface area contributed by atoms with E-state index in [9.17, 15) is 5.11 Å². The zero-order valence-electron chi connectivity index (χ0n) is 9.92. The van der Waals surface area contributed by atoms with E-state index in [4.69, 9.17) is 4.74 Å². The van der Waals surface area contributed by atoms with Crippen molar-refractivity contribution in [2.75, 3.05) is 6.61 Å². The highest BCUT2D eigenvalue weighted by molar-refractivity contribution is 4.67. The summed E-state index contributed by atoms with van der Waals surface area (Å²) >= 11 is 0. The summed E-state index contributed by atoms with van der Waals surface area (Å²) in [6, 6.07) is 0. The third kappa shape index (κ3) is 6.39. The predicted octanol–water partition coefficient (Wildman–Crippen LogP) is 3.57. The summed E-state index contributed by atoms with van der Waals surface area (Å²) in [6.07, 6.45) is 5.76. The highest BCUT2D eigenvalue weighted by Crippen LogP contribution is 2.13. The van der Waals surface area contributed by atoms with Crippen molar-refractivity contribution < 1.29 is 9.84 Å². The Kier molecular flexibility index (Phi) is 9.42. The van der Waals surface area contributed by atoms with Gasteiger partial charge in [0.1, 0.15) is 6.10 Å². The fourth-order valence-corrected chi connectivity index (χ4v) is 1.66. The van der Waals surface area contributed by atoms with Gasteiger partial charge in [0.05, 0.1) is 6.10 Å². The van der Waals surface area contributed by atoms with Gasteiger partial charge in [-0.05, 0) is 19.8 Å². The zero-order valence-corrected chi connectivity index (χ0v) is 9.92. The molecule has 0 aliphatic rings. The fraction of sp³-hybridized carbons (Fsp3) is 1.00. The molecule has 0 saturated heterocycles. The Hall–Kier alpha value is -0.0800. The molecule has 0 N–H and O–H groups in total. The van der Waals surface area contributed by atoms with Gasteiger partial charge in [-0.2, -0.15) is 0 Å². The van der Waals surface area contributed by atoms with Crippen LogP contribution >= 0.6 is 0 Å². The van der Waals surface area contributed by atoms with Crippen LogP contribution in [-0.4, -0.2) is 18.8 Å². The van der Waals surface area contributed by atoms with Crippen LogP contribution in [-0.2, 0) is 9.84 Å². The molecule has 1 radical (unpaired) electrons. The van der Waals surface area contributed by atoms with Crippen LogP contribution in [0.5, 0.6) is 0 Å². The van der Waals surface area contributed by atoms with Crippen LogP contribution in [0, 0.1) is 0 Å². The first kappa shape index (κ1) is 13.9. The predicted molar refractivity (Wildman–Crippen MR) is 58.9 cm³/mol. The minimum atomic E-state index is -0.517. The maximum Gasteiger partial charge on any atom is 0.119 e. The van der Waals surface area contributed by atoms with Gasteiger partial charge in [-0.3, -0.25) is 0 Å². The average molecular weight is 201 g/mol. The molecule has 2 unspecified atom stereocenters. The first-order valence-corrected chi connectivity index (χ1v) is 6.03. The SMILES string of the molecule is CCCCCCC([O])C(CC)OCC. The molecular weight excluding hydrogens is 176 g/mol. The van der Waals surface area contributed by atoms with Gasteiger partial charge in [0, 0.05) is 6.61 Å². The molecule has 0 rings (SSSR count). The molecule has 14 heavy (non-hydrogen) atoms. The van der Waals surface area contributed by atoms with E-state index in [1.54, 1.807) is 0 Å². The molecule has 0 bridgehead atoms. The number of unbranched alkanes of at least 4 members (excludes halogenated alkanes) is 3. The summed E-state index contributed by atoms with van der Waals surface area (Å²) in [5.41, 5.74) is 0. The Morgan fingerprint density at radius 1 is 1.07 bits per heavy atom. The Morgan fingerprint density at radius 3 is 2.29 bits per heavy atom. The second kappa shape index (κ2) is 9.47. The van der Waals surface area contributed by atoms with Crippen molar-refractivity contribution in [3.63, 3.8) is 0 Å². The number of ether oxygens (including phenoxy) is 1. The summed E-state index contributed by atoms with van der Waals surface area (Å²) in [7, 11) is 0. The van der Waals surface area contributed by atoms with Crippen molar-refractivity contribution in [2.24, 2.45) is 0 Å². The lowest BCUT2D eigenvalue weighted by atomic mass is 10.0. The third-order valence-corrected chi connectivity index (χ3v) is 2.54. The summed E-state index contributed by atoms with van der Waals surface area (Å²) in [4.78, 5) is 0. The van der Waals surface area contributed by atoms with Gasteiger partial charge in [-0.1, -0.05) is 39.5 Å². The second-order valence-corrected chi connectivity index (χ2v) is 3.79. The van der Waals surface area contributed by atoms with Gasteiger partial charge >= 0.3 is 0 Å². The topological polar surface area (TPSA) is 29.1 Å². The van der Waals surface area contributed by atoms with Crippen molar-refractivity contribution >= 4 is 0 Å². The van der Waals surface area contributed by atoms with Crippen LogP contribution in [0.3, 0.4) is 0 Å². The number of hydrogen-bond donors (Lipinski definition) is 0. The first-order chi connectivity index (χ1) is 6.76. The van der Waals surface area contributed by atoms with E-state index < -0.39 is 6.10 Å². The standard InChI is InChI=1S/C12H25O2/c1-4-7-8-9-10-11(13)12(5-2)14-6-3/h11-12H,4-10H2,1-3H3. The van der Waals surface area contributed by atoms with E-state index in [0.717, 1.165) is 19.3 Å². The van der Waals surface area contributed by atoms with E-state index in [-0.39, 0.29) is 6.10 Å². The van der Waals surface area contributed by atoms with Crippen molar-refractivity contribution in [3.05, 3.63) is 0 Å². The highest BCUT2D eigenvalue weighted by atomic mass is 16.5. The summed E-state index contributed by atoms with van der Waals surface area (Å²) in [6.45, 7) is 6.82. The molecule has 0 aromatic carbocycles. The van der Waals surface area contributed by atoms with Gasteiger partial charge < -0.3 is 4.74 Å². The molecule has 2 heteroatoms. The average Bonchev–Trinajstić information content (AvgIpc) is 2.20. The molecule has 0 spiro atoms. The molecule has 0 fully saturated rings. The van der Waals surface area contributed by atoms with E-state index in [2.05, 4.69) is 6.92 Å². The minimum absolute atomic E-state index is 0.0679. The molecule has 0 saturated carbocycles. The lowest BCUT2D eigenvalue weighted by molar-refractivity contribution is -0.0690. The normalized spacial score (nSPS) is 15.4. The quantitative estimate of drug-likeness (QED) is 0.524. The largest absolute Gasteiger partial charge is 0.376 e. The molecular formula is C12H25O2. The van der Waals surface area contributed by atoms with Crippen molar-refractivity contribution in [3.8, 4) is 0 Å². The Morgan fingerprint density at radius 2 is 1.79 bits per heavy atom. The van der Waals surface area contributed by atoms with Gasteiger partial charge in [-0.25, -0.2) is 5.11 Å². The van der Waals surface area contributed by atoms with Crippen LogP contribution < -0.4 is 0 Å². The molecule has 2 nitrogen and oxygen atoms in total. The fourth-order valence-electron chi connectivity index (χ4n) is 1.66. The zero-order chi connectivity index (χ0) is 10.8. The molecule has 0 heterocycles. The van der Waals surface area contributed by atoms with Gasteiger partial charge in [0.25, 0.3) is 0 Å². The van der Waals surface area contributed by atoms with Crippen LogP contribution in [0.2, 0.25) is 0 Å². The maximum absolute atomic E-state index is 11.7. The maximum atomic E-state index is 11.7. The van der Waals surface area contributed by atoms with Crippen molar-refractivity contribution in [1.82, 2.24) is 0 Å². The highest BCUT2D eigenvalue weighted by Gasteiger charge is 2.18. The van der Waals surface area contributed by atoms with Crippen LogP contribution in [0.4, 0.5) is 0 Å². The lowest BCUT2D eigenvalue weighted by Crippen LogP contribution is -2.27. The smallest absolute Gasteiger partial charge is 0.119 e. The molecule has 0 aliphatic heterocycles. The van der Waals surface area contributed by atoms with Crippen molar-refractivity contribution in [2.45, 2.75) is 71.5 Å². The molecule has 2 atom stereocenters. The monoisotopic (exact) mass is 201 g/mol. The van der Waals surface area contributed by atoms with Gasteiger partial charge in [0.15, 0.2) is 0 Å². The molecule has 0 aromatic rings. The summed E-state index contributed by atoms with van der Waals surface area (Å²) in [5, 5.41) is 11.7. The lowest BCUT2D eigenvalue weighted by Gasteiger charge is -2.19. The minimum Gasteiger partial charge on any atom is -0.376 e.